The molecule has 0 aromatic rings. The Hall–Kier alpha value is -0.370. The third-order valence-electron chi connectivity index (χ3n) is 3.62. The normalized spacial score (nSPS) is 18.8. The highest BCUT2D eigenvalue weighted by Crippen LogP contribution is 2.08. The summed E-state index contributed by atoms with van der Waals surface area (Å²) in [5.41, 5.74) is 0. The highest BCUT2D eigenvalue weighted by atomic mass is 32.3. The first-order valence-corrected chi connectivity index (χ1v) is 10.3. The third kappa shape index (κ3) is 20.2. The van der Waals surface area contributed by atoms with Crippen LogP contribution in [0.5, 0.6) is 0 Å². The lowest BCUT2D eigenvalue weighted by Crippen LogP contribution is -2.55. The Balaban J connectivity index is 0. The summed E-state index contributed by atoms with van der Waals surface area (Å²) in [6, 6.07) is 0. The molecular weight excluding hydrogens is 380 g/mol. The van der Waals surface area contributed by atoms with Gasteiger partial charge in [0.15, 0.2) is 0 Å². The zero-order valence-corrected chi connectivity index (χ0v) is 18.1. The minimum Gasteiger partial charge on any atom is -0.392 e. The second-order valence-electron chi connectivity index (χ2n) is 7.46. The minimum atomic E-state index is -4.16. The van der Waals surface area contributed by atoms with E-state index in [0.29, 0.717) is 37.2 Å². The van der Waals surface area contributed by atoms with Gasteiger partial charge in [-0.2, -0.15) is 8.42 Å². The van der Waals surface area contributed by atoms with Crippen molar-refractivity contribution in [2.75, 3.05) is 53.4 Å². The predicted octanol–water partition coefficient (Wildman–Crippen LogP) is -1.31. The van der Waals surface area contributed by atoms with Crippen LogP contribution in [0.2, 0.25) is 0 Å². The van der Waals surface area contributed by atoms with E-state index in [1.54, 1.807) is 27.7 Å². The topological polar surface area (TPSA) is 148 Å². The molecule has 0 aliphatic heterocycles. The van der Waals surface area contributed by atoms with Gasteiger partial charge in [0.05, 0.1) is 32.9 Å². The molecule has 0 saturated heterocycles. The Morgan fingerprint density at radius 3 is 1.44 bits per heavy atom. The maximum absolute atomic E-state index is 9.67. The van der Waals surface area contributed by atoms with Gasteiger partial charge in [-0.1, -0.05) is 0 Å². The lowest BCUT2D eigenvalue weighted by atomic mass is 10.2. The lowest BCUT2D eigenvalue weighted by molar-refractivity contribution is -0.914. The van der Waals surface area contributed by atoms with Crippen molar-refractivity contribution in [3.8, 4) is 0 Å². The van der Waals surface area contributed by atoms with Crippen LogP contribution in [-0.4, -0.2) is 121 Å². The number of aliphatic hydroxyl groups excluding tert-OH is 4. The molecule has 11 heteroatoms. The molecule has 10 nitrogen and oxygen atoms in total. The fourth-order valence-electron chi connectivity index (χ4n) is 2.92. The Morgan fingerprint density at radius 2 is 1.22 bits per heavy atom. The Kier molecular flexibility index (Phi) is 14.7. The van der Waals surface area contributed by atoms with Crippen LogP contribution in [0.15, 0.2) is 0 Å². The molecule has 0 bridgehead atoms. The number of likely N-dealkylation sites (N-methyl/N-ethyl adjacent to an activating group) is 1. The van der Waals surface area contributed by atoms with Crippen LogP contribution in [-0.2, 0) is 14.6 Å². The van der Waals surface area contributed by atoms with Crippen LogP contribution in [0, 0.1) is 0 Å². The van der Waals surface area contributed by atoms with Gasteiger partial charge >= 0.3 is 10.4 Å². The summed E-state index contributed by atoms with van der Waals surface area (Å²) in [4.78, 5) is 2.02. The number of aliphatic hydroxyl groups is 4. The molecule has 0 aliphatic rings. The second kappa shape index (κ2) is 13.7. The zero-order valence-electron chi connectivity index (χ0n) is 17.3. The van der Waals surface area contributed by atoms with E-state index in [-0.39, 0.29) is 0 Å². The first-order valence-electron chi connectivity index (χ1n) is 8.91. The van der Waals surface area contributed by atoms with E-state index in [0.717, 1.165) is 13.7 Å². The summed E-state index contributed by atoms with van der Waals surface area (Å²) >= 11 is 0. The highest BCUT2D eigenvalue weighted by molar-refractivity contribution is 7.80. The quantitative estimate of drug-likeness (QED) is 0.192. The van der Waals surface area contributed by atoms with E-state index in [4.69, 9.17) is 4.55 Å². The smallest absolute Gasteiger partial charge is 0.392 e. The average molecular weight is 420 g/mol. The van der Waals surface area contributed by atoms with Crippen molar-refractivity contribution in [2.24, 2.45) is 0 Å². The highest BCUT2D eigenvalue weighted by Gasteiger charge is 2.27. The molecule has 0 amide bonds. The van der Waals surface area contributed by atoms with Gasteiger partial charge in [0.2, 0.25) is 0 Å². The fourth-order valence-corrected chi connectivity index (χ4v) is 2.92. The van der Waals surface area contributed by atoms with Gasteiger partial charge < -0.3 is 24.9 Å². The van der Waals surface area contributed by atoms with Gasteiger partial charge in [0.25, 0.3) is 0 Å². The van der Waals surface area contributed by atoms with Crippen molar-refractivity contribution in [1.29, 1.82) is 0 Å². The molecule has 4 atom stereocenters. The van der Waals surface area contributed by atoms with Crippen LogP contribution in [0.4, 0.5) is 0 Å². The largest absolute Gasteiger partial charge is 0.397 e. The van der Waals surface area contributed by atoms with Gasteiger partial charge in [-0.25, -0.2) is 0 Å². The molecule has 0 aromatic heterocycles. The maximum Gasteiger partial charge on any atom is 0.397 e. The maximum atomic E-state index is 9.67. The summed E-state index contributed by atoms with van der Waals surface area (Å²) in [7, 11) is -1.28. The van der Waals surface area contributed by atoms with E-state index in [1.165, 1.54) is 0 Å². The fraction of sp³-hybridized carbons (Fsp3) is 1.00. The molecule has 166 valence electrons. The van der Waals surface area contributed by atoms with E-state index in [1.807, 2.05) is 11.9 Å². The molecule has 5 N–H and O–H groups in total. The summed E-state index contributed by atoms with van der Waals surface area (Å²) in [5, 5.41) is 38.4. The first-order chi connectivity index (χ1) is 12.1. The molecule has 0 radical (unpaired) electrons. The van der Waals surface area contributed by atoms with Crippen LogP contribution < -0.4 is 0 Å². The van der Waals surface area contributed by atoms with Crippen LogP contribution >= 0.6 is 0 Å². The zero-order chi connectivity index (χ0) is 21.8. The Bertz CT molecular complexity index is 449. The van der Waals surface area contributed by atoms with Gasteiger partial charge in [0.1, 0.15) is 25.3 Å². The molecule has 4 unspecified atom stereocenters. The van der Waals surface area contributed by atoms with Crippen molar-refractivity contribution in [3.05, 3.63) is 0 Å². The lowest BCUT2D eigenvalue weighted by Gasteiger charge is -2.38. The van der Waals surface area contributed by atoms with Crippen LogP contribution in [0.25, 0.3) is 0 Å². The van der Waals surface area contributed by atoms with Crippen LogP contribution in [0.1, 0.15) is 27.7 Å². The van der Waals surface area contributed by atoms with Gasteiger partial charge in [-0.15, -0.1) is 0 Å². The van der Waals surface area contributed by atoms with E-state index >= 15 is 0 Å². The summed E-state index contributed by atoms with van der Waals surface area (Å²) < 4.78 is 30.3. The van der Waals surface area contributed by atoms with E-state index in [9.17, 15) is 28.8 Å². The number of rotatable bonds is 12. The Morgan fingerprint density at radius 1 is 0.889 bits per heavy atom. The standard InChI is InChI=1S/C15H35N2O4.CH4O4S/c1-12(18)8-16(9-13(2)19)6-7-17(5,10-14(3)20)11-15(4)21;1-5-6(2,3)4/h12-15,18-21H,6-11H2,1-5H3;1H3,(H,2,3,4)/q+1;. The van der Waals surface area contributed by atoms with Crippen molar-refractivity contribution < 1.29 is 42.1 Å². The van der Waals surface area contributed by atoms with Crippen molar-refractivity contribution in [3.63, 3.8) is 0 Å². The monoisotopic (exact) mass is 419 g/mol. The molecule has 0 saturated carbocycles. The van der Waals surface area contributed by atoms with E-state index in [2.05, 4.69) is 4.18 Å². The van der Waals surface area contributed by atoms with Gasteiger partial charge in [-0.05, 0) is 27.7 Å². The molecular formula is C16H39N2O8S+. The summed E-state index contributed by atoms with van der Waals surface area (Å²) in [5.74, 6) is 0. The number of hydrogen-bond donors (Lipinski definition) is 5. The molecule has 0 rings (SSSR count). The molecule has 0 heterocycles. The summed E-state index contributed by atoms with van der Waals surface area (Å²) in [6.07, 6.45) is -1.77. The molecule has 0 aliphatic carbocycles. The predicted molar refractivity (Wildman–Crippen MR) is 103 cm³/mol. The van der Waals surface area contributed by atoms with Gasteiger partial charge in [-0.3, -0.25) is 13.6 Å². The third-order valence-corrected chi connectivity index (χ3v) is 4.04. The SMILES string of the molecule is CC(O)CN(CC[N+](C)(CC(C)O)CC(C)O)CC(C)O.COS(=O)(=O)O. The minimum absolute atomic E-state index is 0.435. The van der Waals surface area contributed by atoms with E-state index < -0.39 is 34.8 Å². The molecule has 0 aromatic carbocycles. The van der Waals surface area contributed by atoms with Crippen molar-refractivity contribution in [2.45, 2.75) is 52.1 Å². The molecule has 27 heavy (non-hydrogen) atoms. The molecule has 0 spiro atoms. The molecule has 0 fully saturated rings. The Labute approximate surface area is 163 Å². The van der Waals surface area contributed by atoms with Crippen LogP contribution in [0.3, 0.4) is 0 Å². The summed E-state index contributed by atoms with van der Waals surface area (Å²) in [6.45, 7) is 10.6. The van der Waals surface area contributed by atoms with Gasteiger partial charge in [0, 0.05) is 19.6 Å². The number of nitrogens with zero attached hydrogens (tertiary/aromatic N) is 2. The van der Waals surface area contributed by atoms with Crippen molar-refractivity contribution >= 4 is 10.4 Å². The first kappa shape index (κ1) is 28.8. The average Bonchev–Trinajstić information content (AvgIpc) is 2.41. The number of hydrogen-bond acceptors (Lipinski definition) is 8. The number of quaternary nitrogens is 1. The van der Waals surface area contributed by atoms with Crippen molar-refractivity contribution in [1.82, 2.24) is 4.90 Å². The second-order valence-corrected chi connectivity index (χ2v) is 8.65.